The third-order valence-electron chi connectivity index (χ3n) is 13.8. The first-order chi connectivity index (χ1) is 19.8. The summed E-state index contributed by atoms with van der Waals surface area (Å²) in [6.07, 6.45) is 25.6. The van der Waals surface area contributed by atoms with Gasteiger partial charge in [-0.05, 0) is 98.7 Å². The van der Waals surface area contributed by atoms with Crippen molar-refractivity contribution in [1.29, 1.82) is 0 Å². The maximum absolute atomic E-state index is 4.26. The molecule has 5 heterocycles. The van der Waals surface area contributed by atoms with Crippen molar-refractivity contribution in [2.24, 2.45) is 47.3 Å². The molecule has 8 N–H and O–H groups in total. The SMILES string of the molecule is C1CCC2C3NC(NC4NC(NC5NC(NC6NC(N3)C3CCCCC63)C3CCCCC53)C3CCCCC43)C2C1.[Fe].[Ni]. The minimum atomic E-state index is 0. The minimum Gasteiger partial charge on any atom is -0.286 e. The van der Waals surface area contributed by atoms with E-state index in [0.717, 1.165) is 47.3 Å². The third-order valence-corrected chi connectivity index (χ3v) is 13.8. The standard InChI is InChI=1S/C32H56N8.Fe.Ni/c1-2-10-18-17(9-1)25-33-26(18)38-28-21-13-5-6-14-22(21)30(35-28)40-32-24-16-8-7-15-23(24)31(36-32)39-29-20-12-4-3-11-19(20)27(34-29)37-25;;/h17-40H,1-16H2;;. The Balaban J connectivity index is 0.00000144. The van der Waals surface area contributed by atoms with Crippen LogP contribution >= 0.6 is 0 Å². The van der Waals surface area contributed by atoms with Crippen LogP contribution in [-0.2, 0) is 33.6 Å². The van der Waals surface area contributed by atoms with Crippen LogP contribution in [0.3, 0.4) is 0 Å². The summed E-state index contributed by atoms with van der Waals surface area (Å²) in [4.78, 5) is 0. The molecule has 0 spiro atoms. The molecule has 5 aliphatic heterocycles. The average Bonchev–Trinajstić information content (AvgIpc) is 3.73. The van der Waals surface area contributed by atoms with Gasteiger partial charge in [-0.2, -0.15) is 0 Å². The van der Waals surface area contributed by atoms with Crippen LogP contribution in [0, 0.1) is 47.3 Å². The van der Waals surface area contributed by atoms with Gasteiger partial charge in [-0.15, -0.1) is 0 Å². The molecule has 0 aromatic carbocycles. The topological polar surface area (TPSA) is 96.2 Å². The second-order valence-corrected chi connectivity index (χ2v) is 15.6. The fourth-order valence-electron chi connectivity index (χ4n) is 12.0. The Hall–Kier alpha value is 0.693. The number of hydrogen-bond acceptors (Lipinski definition) is 8. The molecule has 8 nitrogen and oxygen atoms in total. The van der Waals surface area contributed by atoms with Gasteiger partial charge < -0.3 is 0 Å². The summed E-state index contributed by atoms with van der Waals surface area (Å²) in [5, 5.41) is 33.8. The smallest absolute Gasteiger partial charge is 0.0628 e. The van der Waals surface area contributed by atoms with E-state index in [1.165, 1.54) is 103 Å². The first-order valence-corrected chi connectivity index (χ1v) is 17.9. The van der Waals surface area contributed by atoms with Crippen molar-refractivity contribution >= 4 is 0 Å². The average molecular weight is 667 g/mol. The van der Waals surface area contributed by atoms with Crippen molar-refractivity contribution in [2.75, 3.05) is 0 Å². The first-order valence-electron chi connectivity index (χ1n) is 17.9. The second kappa shape index (κ2) is 13.1. The van der Waals surface area contributed by atoms with Crippen LogP contribution in [0.5, 0.6) is 0 Å². The minimum absolute atomic E-state index is 0. The Labute approximate surface area is 274 Å². The van der Waals surface area contributed by atoms with Crippen LogP contribution in [0.1, 0.15) is 103 Å². The molecule has 0 amide bonds. The Morgan fingerprint density at radius 1 is 0.238 bits per heavy atom. The van der Waals surface area contributed by atoms with Crippen LogP contribution in [0.25, 0.3) is 0 Å². The number of rotatable bonds is 0. The van der Waals surface area contributed by atoms with Gasteiger partial charge in [-0.25, -0.2) is 0 Å². The van der Waals surface area contributed by atoms with Crippen molar-refractivity contribution < 1.29 is 33.6 Å². The van der Waals surface area contributed by atoms with Crippen LogP contribution in [0.15, 0.2) is 0 Å². The van der Waals surface area contributed by atoms with Gasteiger partial charge in [-0.1, -0.05) is 51.4 Å². The van der Waals surface area contributed by atoms with E-state index in [0.29, 0.717) is 49.3 Å². The molecule has 242 valence electrons. The molecule has 8 unspecified atom stereocenters. The number of nitrogens with one attached hydrogen (secondary N) is 8. The normalized spacial score (nSPS) is 54.9. The largest absolute Gasteiger partial charge is 0.286 e. The predicted molar refractivity (Wildman–Crippen MR) is 157 cm³/mol. The van der Waals surface area contributed by atoms with Crippen molar-refractivity contribution in [3.05, 3.63) is 0 Å². The summed E-state index contributed by atoms with van der Waals surface area (Å²) in [7, 11) is 0. The molecular formula is C32H56FeN8Ni. The summed E-state index contributed by atoms with van der Waals surface area (Å²) < 4.78 is 0. The van der Waals surface area contributed by atoms with Gasteiger partial charge in [0, 0.05) is 33.6 Å². The molecule has 8 bridgehead atoms. The fourth-order valence-corrected chi connectivity index (χ4v) is 12.0. The van der Waals surface area contributed by atoms with Crippen molar-refractivity contribution in [1.82, 2.24) is 42.5 Å². The molecule has 4 saturated carbocycles. The molecular weight excluding hydrogens is 611 g/mol. The molecule has 8 atom stereocenters. The van der Waals surface area contributed by atoms with E-state index in [1.54, 1.807) is 0 Å². The van der Waals surface area contributed by atoms with E-state index < -0.39 is 0 Å². The molecule has 9 aliphatic rings. The summed E-state index contributed by atoms with van der Waals surface area (Å²) in [6.45, 7) is 0. The Morgan fingerprint density at radius 3 is 0.476 bits per heavy atom. The van der Waals surface area contributed by atoms with E-state index in [1.807, 2.05) is 0 Å². The zero-order chi connectivity index (χ0) is 26.2. The van der Waals surface area contributed by atoms with Gasteiger partial charge in [0.05, 0.1) is 49.3 Å². The van der Waals surface area contributed by atoms with Crippen LogP contribution < -0.4 is 42.5 Å². The van der Waals surface area contributed by atoms with Crippen LogP contribution in [0.4, 0.5) is 0 Å². The van der Waals surface area contributed by atoms with Crippen molar-refractivity contribution in [2.45, 2.75) is 152 Å². The van der Waals surface area contributed by atoms with Gasteiger partial charge in [0.15, 0.2) is 0 Å². The predicted octanol–water partition coefficient (Wildman–Crippen LogP) is 2.60. The van der Waals surface area contributed by atoms with E-state index in [2.05, 4.69) is 42.5 Å². The van der Waals surface area contributed by atoms with Crippen LogP contribution in [0.2, 0.25) is 0 Å². The van der Waals surface area contributed by atoms with Crippen LogP contribution in [-0.4, -0.2) is 49.3 Å². The quantitative estimate of drug-likeness (QED) is 0.187. The van der Waals surface area contributed by atoms with E-state index in [4.69, 9.17) is 0 Å². The number of hydrogen-bond donors (Lipinski definition) is 8. The maximum atomic E-state index is 4.26. The molecule has 9 rings (SSSR count). The molecule has 4 aliphatic carbocycles. The Kier molecular flexibility index (Phi) is 9.74. The molecule has 0 radical (unpaired) electrons. The van der Waals surface area contributed by atoms with Gasteiger partial charge in [0.25, 0.3) is 0 Å². The molecule has 42 heavy (non-hydrogen) atoms. The summed E-state index contributed by atoms with van der Waals surface area (Å²) in [5.41, 5.74) is 0. The van der Waals surface area contributed by atoms with Crippen molar-refractivity contribution in [3.8, 4) is 0 Å². The summed E-state index contributed by atoms with van der Waals surface area (Å²) >= 11 is 0. The molecule has 10 heteroatoms. The van der Waals surface area contributed by atoms with Gasteiger partial charge in [-0.3, -0.25) is 42.5 Å². The monoisotopic (exact) mass is 666 g/mol. The zero-order valence-corrected chi connectivity index (χ0v) is 27.3. The number of fused-ring (bicyclic) bond motifs is 20. The van der Waals surface area contributed by atoms with Gasteiger partial charge in [0.1, 0.15) is 0 Å². The second-order valence-electron chi connectivity index (χ2n) is 15.6. The maximum Gasteiger partial charge on any atom is 0.0628 e. The molecule has 9 fully saturated rings. The van der Waals surface area contributed by atoms with Gasteiger partial charge >= 0.3 is 0 Å². The Bertz CT molecular complexity index is 723. The summed E-state index contributed by atoms with van der Waals surface area (Å²) in [5.74, 6) is 5.97. The van der Waals surface area contributed by atoms with E-state index >= 15 is 0 Å². The van der Waals surface area contributed by atoms with Gasteiger partial charge in [0.2, 0.25) is 0 Å². The third kappa shape index (κ3) is 5.43. The zero-order valence-electron chi connectivity index (χ0n) is 25.2. The fraction of sp³-hybridized carbons (Fsp3) is 1.00. The molecule has 5 saturated heterocycles. The first kappa shape index (κ1) is 31.3. The van der Waals surface area contributed by atoms with E-state index in [-0.39, 0.29) is 33.6 Å². The Morgan fingerprint density at radius 2 is 0.357 bits per heavy atom. The molecule has 0 aromatic rings. The van der Waals surface area contributed by atoms with E-state index in [9.17, 15) is 0 Å². The van der Waals surface area contributed by atoms with Crippen molar-refractivity contribution in [3.63, 3.8) is 0 Å². The molecule has 0 aromatic heterocycles. The summed E-state index contributed by atoms with van der Waals surface area (Å²) in [6, 6.07) is 0.